The second-order valence-corrected chi connectivity index (χ2v) is 3.94. The summed E-state index contributed by atoms with van der Waals surface area (Å²) in [6.07, 6.45) is 0. The van der Waals surface area contributed by atoms with Gasteiger partial charge in [0, 0.05) is 0 Å². The van der Waals surface area contributed by atoms with Gasteiger partial charge in [-0.1, -0.05) is 29.8 Å². The molecule has 3 heteroatoms. The molecule has 0 saturated heterocycles. The minimum atomic E-state index is -0.458. The van der Waals surface area contributed by atoms with Gasteiger partial charge in [0.2, 0.25) is 0 Å². The van der Waals surface area contributed by atoms with E-state index in [-0.39, 0.29) is 5.69 Å². The van der Waals surface area contributed by atoms with Gasteiger partial charge < -0.3 is 10.5 Å². The Balaban J connectivity index is 2.56. The van der Waals surface area contributed by atoms with Crippen LogP contribution in [0, 0.1) is 12.7 Å². The molecule has 0 saturated carbocycles. The molecule has 0 aliphatic carbocycles. The number of benzene rings is 2. The smallest absolute Gasteiger partial charge is 0.150 e. The van der Waals surface area contributed by atoms with E-state index >= 15 is 0 Å². The zero-order chi connectivity index (χ0) is 12.4. The highest BCUT2D eigenvalue weighted by Crippen LogP contribution is 2.31. The van der Waals surface area contributed by atoms with Crippen molar-refractivity contribution in [3.05, 3.63) is 47.8 Å². The highest BCUT2D eigenvalue weighted by molar-refractivity contribution is 5.70. The summed E-state index contributed by atoms with van der Waals surface area (Å²) in [5.41, 5.74) is 8.45. The van der Waals surface area contributed by atoms with Gasteiger partial charge in [-0.05, 0) is 30.2 Å². The van der Waals surface area contributed by atoms with E-state index in [1.807, 2.05) is 31.2 Å². The molecule has 0 spiro atoms. The van der Waals surface area contributed by atoms with Crippen LogP contribution in [-0.4, -0.2) is 7.11 Å². The van der Waals surface area contributed by atoms with Crippen LogP contribution in [0.5, 0.6) is 5.75 Å². The molecule has 2 aromatic rings. The number of nitrogens with two attached hydrogens (primary N) is 1. The number of aryl methyl sites for hydroxylation is 1. The maximum Gasteiger partial charge on any atom is 0.150 e. The van der Waals surface area contributed by atoms with E-state index in [0.29, 0.717) is 5.75 Å². The van der Waals surface area contributed by atoms with Gasteiger partial charge in [0.1, 0.15) is 11.4 Å². The molecule has 0 aliphatic rings. The molecule has 0 unspecified atom stereocenters. The summed E-state index contributed by atoms with van der Waals surface area (Å²) in [7, 11) is 1.48. The second-order valence-electron chi connectivity index (χ2n) is 3.94. The Kier molecular flexibility index (Phi) is 3.00. The lowest BCUT2D eigenvalue weighted by molar-refractivity contribution is 0.414. The number of ether oxygens (including phenoxy) is 1. The van der Waals surface area contributed by atoms with Gasteiger partial charge in [0.05, 0.1) is 7.11 Å². The van der Waals surface area contributed by atoms with Crippen molar-refractivity contribution in [3.8, 4) is 16.9 Å². The summed E-state index contributed by atoms with van der Waals surface area (Å²) in [6, 6.07) is 11.0. The first-order valence-corrected chi connectivity index (χ1v) is 5.32. The topological polar surface area (TPSA) is 35.2 Å². The Labute approximate surface area is 99.8 Å². The Morgan fingerprint density at radius 3 is 2.53 bits per heavy atom. The molecule has 2 aromatic carbocycles. The maximum absolute atomic E-state index is 13.6. The van der Waals surface area contributed by atoms with Crippen molar-refractivity contribution in [2.45, 2.75) is 6.92 Å². The maximum atomic E-state index is 13.6. The van der Waals surface area contributed by atoms with E-state index in [9.17, 15) is 4.39 Å². The molecule has 0 bridgehead atoms. The summed E-state index contributed by atoms with van der Waals surface area (Å²) in [4.78, 5) is 0. The predicted molar refractivity (Wildman–Crippen MR) is 67.5 cm³/mol. The fraction of sp³-hybridized carbons (Fsp3) is 0.143. The van der Waals surface area contributed by atoms with Crippen LogP contribution in [0.25, 0.3) is 11.1 Å². The Hall–Kier alpha value is -2.03. The zero-order valence-corrected chi connectivity index (χ0v) is 9.83. The van der Waals surface area contributed by atoms with Crippen molar-refractivity contribution in [2.75, 3.05) is 12.8 Å². The number of hydrogen-bond donors (Lipinski definition) is 1. The van der Waals surface area contributed by atoms with Crippen molar-refractivity contribution in [1.29, 1.82) is 0 Å². The minimum Gasteiger partial charge on any atom is -0.494 e. The van der Waals surface area contributed by atoms with E-state index in [4.69, 9.17) is 10.5 Å². The van der Waals surface area contributed by atoms with Crippen molar-refractivity contribution >= 4 is 5.69 Å². The second kappa shape index (κ2) is 4.45. The molecule has 0 aromatic heterocycles. The molecule has 0 atom stereocenters. The van der Waals surface area contributed by atoms with Crippen LogP contribution in [0.1, 0.15) is 5.56 Å². The fourth-order valence-electron chi connectivity index (χ4n) is 1.75. The fourth-order valence-corrected chi connectivity index (χ4v) is 1.75. The first-order chi connectivity index (χ1) is 8.11. The molecule has 0 amide bonds. The third-order valence-electron chi connectivity index (χ3n) is 2.66. The van der Waals surface area contributed by atoms with Gasteiger partial charge in [0.25, 0.3) is 0 Å². The van der Waals surface area contributed by atoms with E-state index in [1.54, 1.807) is 6.07 Å². The van der Waals surface area contributed by atoms with E-state index in [0.717, 1.165) is 16.7 Å². The van der Waals surface area contributed by atoms with Gasteiger partial charge >= 0.3 is 0 Å². The van der Waals surface area contributed by atoms with Gasteiger partial charge in [-0.25, -0.2) is 4.39 Å². The van der Waals surface area contributed by atoms with Gasteiger partial charge in [-0.3, -0.25) is 0 Å². The third-order valence-corrected chi connectivity index (χ3v) is 2.66. The van der Waals surface area contributed by atoms with Crippen LogP contribution in [0.2, 0.25) is 0 Å². The molecular formula is C14H14FNO. The highest BCUT2D eigenvalue weighted by atomic mass is 19.1. The van der Waals surface area contributed by atoms with Crippen LogP contribution >= 0.6 is 0 Å². The lowest BCUT2D eigenvalue weighted by Crippen LogP contribution is -1.96. The molecule has 2 nitrogen and oxygen atoms in total. The number of nitrogen functional groups attached to an aromatic ring is 1. The quantitative estimate of drug-likeness (QED) is 0.804. The Bertz CT molecular complexity index is 552. The van der Waals surface area contributed by atoms with Crippen molar-refractivity contribution in [1.82, 2.24) is 0 Å². The average molecular weight is 231 g/mol. The lowest BCUT2D eigenvalue weighted by atomic mass is 10.0. The standard InChI is InChI=1S/C14H14FNO/c1-9-4-3-5-10(6-9)11-7-12(15)14(16)13(8-11)17-2/h3-8H,16H2,1-2H3. The predicted octanol–water partition coefficient (Wildman–Crippen LogP) is 3.39. The Morgan fingerprint density at radius 1 is 1.12 bits per heavy atom. The van der Waals surface area contributed by atoms with Crippen LogP contribution < -0.4 is 10.5 Å². The normalized spacial score (nSPS) is 10.3. The van der Waals surface area contributed by atoms with Crippen LogP contribution in [0.4, 0.5) is 10.1 Å². The molecule has 0 heterocycles. The largest absolute Gasteiger partial charge is 0.494 e. The molecule has 0 radical (unpaired) electrons. The Morgan fingerprint density at radius 2 is 1.88 bits per heavy atom. The average Bonchev–Trinajstić information content (AvgIpc) is 2.32. The third kappa shape index (κ3) is 2.23. The van der Waals surface area contributed by atoms with Gasteiger partial charge in [-0.15, -0.1) is 0 Å². The first-order valence-electron chi connectivity index (χ1n) is 5.32. The van der Waals surface area contributed by atoms with Crippen LogP contribution in [0.3, 0.4) is 0 Å². The highest BCUT2D eigenvalue weighted by Gasteiger charge is 2.09. The molecule has 0 aliphatic heterocycles. The number of anilines is 1. The summed E-state index contributed by atoms with van der Waals surface area (Å²) in [6.45, 7) is 1.99. The molecule has 0 fully saturated rings. The van der Waals surface area contributed by atoms with Gasteiger partial charge in [0.15, 0.2) is 5.82 Å². The van der Waals surface area contributed by atoms with Crippen molar-refractivity contribution in [2.24, 2.45) is 0 Å². The number of hydrogen-bond acceptors (Lipinski definition) is 2. The summed E-state index contributed by atoms with van der Waals surface area (Å²) >= 11 is 0. The van der Waals surface area contributed by atoms with Crippen molar-refractivity contribution in [3.63, 3.8) is 0 Å². The monoisotopic (exact) mass is 231 g/mol. The SMILES string of the molecule is COc1cc(-c2cccc(C)c2)cc(F)c1N. The van der Waals surface area contributed by atoms with Crippen molar-refractivity contribution < 1.29 is 9.13 Å². The van der Waals surface area contributed by atoms with E-state index in [1.165, 1.54) is 13.2 Å². The number of rotatable bonds is 2. The molecular weight excluding hydrogens is 217 g/mol. The summed E-state index contributed by atoms with van der Waals surface area (Å²) < 4.78 is 18.7. The first kappa shape index (κ1) is 11.5. The molecule has 88 valence electrons. The number of methoxy groups -OCH3 is 1. The molecule has 2 N–H and O–H groups in total. The van der Waals surface area contributed by atoms with E-state index < -0.39 is 5.82 Å². The number of halogens is 1. The minimum absolute atomic E-state index is 0.0453. The van der Waals surface area contributed by atoms with Gasteiger partial charge in [-0.2, -0.15) is 0 Å². The zero-order valence-electron chi connectivity index (χ0n) is 9.83. The summed E-state index contributed by atoms with van der Waals surface area (Å²) in [5, 5.41) is 0. The lowest BCUT2D eigenvalue weighted by Gasteiger charge is -2.09. The van der Waals surface area contributed by atoms with E-state index in [2.05, 4.69) is 0 Å². The molecule has 2 rings (SSSR count). The summed E-state index contributed by atoms with van der Waals surface area (Å²) in [5.74, 6) is -0.0950. The van der Waals surface area contributed by atoms with Crippen LogP contribution in [0.15, 0.2) is 36.4 Å². The molecule has 17 heavy (non-hydrogen) atoms. The van der Waals surface area contributed by atoms with Crippen LogP contribution in [-0.2, 0) is 0 Å².